The molecule has 57 heavy (non-hydrogen) atoms. The molecular formula is C35H45Cl2F3N3O12PS. The molecule has 2 unspecified atom stereocenters. The van der Waals surface area contributed by atoms with Gasteiger partial charge in [-0.1, -0.05) is 36.7 Å². The molecule has 1 amide bonds. The summed E-state index contributed by atoms with van der Waals surface area (Å²) in [5.41, 5.74) is 0.964. The molecule has 0 heterocycles. The SMILES string of the molecule is CCc1cccc(C)c1N(C(=O)CCl)C(C)COC.C[S+](C)C.O=C(O)CNCP(=O)([O-])O.O=C(O)c1cc(Oc2ccc(C(F)(F)F)cc2Cl)ccc1[N+](=O)[O-]. The number of anilines is 1. The smallest absolute Gasteiger partial charge is 0.416 e. The Balaban J connectivity index is 0.000000843. The van der Waals surface area contributed by atoms with Gasteiger partial charge in [-0.25, -0.2) is 4.79 Å². The second kappa shape index (κ2) is 25.4. The predicted octanol–water partition coefficient (Wildman–Crippen LogP) is 6.58. The second-order valence-corrected chi connectivity index (χ2v) is 16.7. The highest BCUT2D eigenvalue weighted by atomic mass is 35.5. The average Bonchev–Trinajstić information content (AvgIpc) is 3.09. The highest BCUT2D eigenvalue weighted by Crippen LogP contribution is 2.37. The lowest BCUT2D eigenvalue weighted by molar-refractivity contribution is -0.385. The molecule has 3 rings (SSSR count). The van der Waals surface area contributed by atoms with Gasteiger partial charge in [-0.05, 0) is 66.6 Å². The van der Waals surface area contributed by atoms with Gasteiger partial charge in [0.05, 0.1) is 65.4 Å². The topological polar surface area (TPSA) is 229 Å². The summed E-state index contributed by atoms with van der Waals surface area (Å²) in [4.78, 5) is 62.6. The number of alkyl halides is 4. The summed E-state index contributed by atoms with van der Waals surface area (Å²) in [6, 6.07) is 11.3. The Kier molecular flexibility index (Phi) is 23.7. The molecule has 0 saturated carbocycles. The predicted molar refractivity (Wildman–Crippen MR) is 212 cm³/mol. The van der Waals surface area contributed by atoms with E-state index in [1.165, 1.54) is 0 Å². The van der Waals surface area contributed by atoms with Crippen molar-refractivity contribution >= 4 is 70.9 Å². The number of rotatable bonds is 14. The van der Waals surface area contributed by atoms with E-state index in [0.717, 1.165) is 53.6 Å². The maximum atomic E-state index is 12.6. The van der Waals surface area contributed by atoms with Crippen molar-refractivity contribution in [2.45, 2.75) is 39.4 Å². The Morgan fingerprint density at radius 1 is 1.09 bits per heavy atom. The van der Waals surface area contributed by atoms with Gasteiger partial charge in [-0.3, -0.25) is 25.0 Å². The van der Waals surface area contributed by atoms with Crippen LogP contribution in [0.2, 0.25) is 5.02 Å². The van der Waals surface area contributed by atoms with Crippen LogP contribution in [-0.2, 0) is 42.4 Å². The number of nitro groups is 1. The molecule has 15 nitrogen and oxygen atoms in total. The number of nitrogens with zero attached hydrogens (tertiary/aromatic N) is 2. The zero-order chi connectivity index (χ0) is 44.3. The van der Waals surface area contributed by atoms with Crippen LogP contribution in [0.5, 0.6) is 11.5 Å². The minimum Gasteiger partial charge on any atom is -0.778 e. The number of nitrogens with one attached hydrogen (secondary N) is 1. The van der Waals surface area contributed by atoms with Gasteiger partial charge in [0.15, 0.2) is 0 Å². The monoisotopic (exact) mass is 889 g/mol. The largest absolute Gasteiger partial charge is 0.778 e. The minimum absolute atomic E-state index is 0.0223. The van der Waals surface area contributed by atoms with Gasteiger partial charge in [-0.2, -0.15) is 13.2 Å². The average molecular weight is 891 g/mol. The molecule has 0 saturated heterocycles. The van der Waals surface area contributed by atoms with Crippen LogP contribution in [-0.4, -0.2) is 95.1 Å². The number of hydrogen-bond acceptors (Lipinski definition) is 10. The number of carboxylic acids is 2. The van der Waals surface area contributed by atoms with Crippen LogP contribution in [0.1, 0.15) is 40.9 Å². The number of para-hydroxylation sites is 1. The van der Waals surface area contributed by atoms with E-state index in [-0.39, 0.29) is 34.4 Å². The summed E-state index contributed by atoms with van der Waals surface area (Å²) in [6.45, 7) is 6.08. The fraction of sp³-hybridized carbons (Fsp3) is 0.400. The van der Waals surface area contributed by atoms with Crippen LogP contribution in [0.4, 0.5) is 24.5 Å². The van der Waals surface area contributed by atoms with Gasteiger partial charge in [0.25, 0.3) is 5.69 Å². The number of ether oxygens (including phenoxy) is 2. The van der Waals surface area contributed by atoms with Crippen LogP contribution >= 0.6 is 30.8 Å². The van der Waals surface area contributed by atoms with E-state index in [9.17, 15) is 47.1 Å². The zero-order valence-electron chi connectivity index (χ0n) is 32.0. The molecule has 3 aromatic carbocycles. The second-order valence-electron chi connectivity index (χ2n) is 12.0. The van der Waals surface area contributed by atoms with Gasteiger partial charge >= 0.3 is 18.1 Å². The third-order valence-corrected chi connectivity index (χ3v) is 7.79. The molecule has 0 aliphatic heterocycles. The van der Waals surface area contributed by atoms with Crippen molar-refractivity contribution in [3.05, 3.63) is 92.0 Å². The lowest BCUT2D eigenvalue weighted by Crippen LogP contribution is -2.43. The molecule has 0 fully saturated rings. The van der Waals surface area contributed by atoms with Gasteiger partial charge in [0.1, 0.15) is 30.5 Å². The van der Waals surface area contributed by atoms with Crippen molar-refractivity contribution in [2.24, 2.45) is 0 Å². The lowest BCUT2D eigenvalue weighted by atomic mass is 10.0. The van der Waals surface area contributed by atoms with E-state index >= 15 is 0 Å². The first-order valence-corrected chi connectivity index (χ1v) is 21.4. The van der Waals surface area contributed by atoms with Crippen molar-refractivity contribution in [3.8, 4) is 11.5 Å². The number of aliphatic carboxylic acids is 1. The van der Waals surface area contributed by atoms with Crippen molar-refractivity contribution in [1.82, 2.24) is 5.32 Å². The van der Waals surface area contributed by atoms with Gasteiger partial charge in [-0.15, -0.1) is 11.6 Å². The molecular weight excluding hydrogens is 845 g/mol. The first-order valence-electron chi connectivity index (χ1n) is 16.3. The quantitative estimate of drug-likeness (QED) is 0.0441. The third-order valence-electron chi connectivity index (χ3n) is 6.64. The van der Waals surface area contributed by atoms with Gasteiger partial charge in [0, 0.05) is 19.2 Å². The van der Waals surface area contributed by atoms with E-state index in [1.54, 1.807) is 12.0 Å². The lowest BCUT2D eigenvalue weighted by Gasteiger charge is -2.31. The number of amides is 1. The molecule has 0 aliphatic carbocycles. The molecule has 0 spiro atoms. The summed E-state index contributed by atoms with van der Waals surface area (Å²) in [5.74, 6) is -3.12. The van der Waals surface area contributed by atoms with E-state index in [4.69, 9.17) is 47.8 Å². The third kappa shape index (κ3) is 20.4. The Bertz CT molecular complexity index is 1850. The summed E-state index contributed by atoms with van der Waals surface area (Å²) < 4.78 is 58.0. The number of aromatic carboxylic acids is 1. The highest BCUT2D eigenvalue weighted by molar-refractivity contribution is 7.94. The number of halogens is 5. The Labute approximate surface area is 340 Å². The molecule has 22 heteroatoms. The summed E-state index contributed by atoms with van der Waals surface area (Å²) in [5, 5.41) is 29.4. The molecule has 0 aromatic heterocycles. The van der Waals surface area contributed by atoms with E-state index in [2.05, 4.69) is 31.8 Å². The maximum Gasteiger partial charge on any atom is 0.416 e. The van der Waals surface area contributed by atoms with Crippen molar-refractivity contribution in [3.63, 3.8) is 0 Å². The number of methoxy groups -OCH3 is 1. The Hall–Kier alpha value is -3.94. The number of carboxylic acid groups (broad SMARTS) is 2. The van der Waals surface area contributed by atoms with E-state index in [1.807, 2.05) is 31.3 Å². The van der Waals surface area contributed by atoms with Crippen molar-refractivity contribution in [1.29, 1.82) is 0 Å². The number of benzene rings is 3. The summed E-state index contributed by atoms with van der Waals surface area (Å²) in [6.07, 6.45) is 2.17. The van der Waals surface area contributed by atoms with Crippen LogP contribution in [0.25, 0.3) is 0 Å². The molecule has 0 radical (unpaired) electrons. The summed E-state index contributed by atoms with van der Waals surface area (Å²) in [7, 11) is -2.07. The number of nitro benzene ring substituents is 1. The van der Waals surface area contributed by atoms with Crippen LogP contribution < -0.4 is 19.8 Å². The van der Waals surface area contributed by atoms with Crippen molar-refractivity contribution < 1.29 is 66.5 Å². The number of carbonyl (C=O) groups excluding carboxylic acids is 1. The Morgan fingerprint density at radius 3 is 2.12 bits per heavy atom. The van der Waals surface area contributed by atoms with E-state index in [0.29, 0.717) is 23.6 Å². The number of aryl methyl sites for hydroxylation is 2. The molecule has 2 atom stereocenters. The van der Waals surface area contributed by atoms with Crippen LogP contribution in [0, 0.1) is 17.0 Å². The van der Waals surface area contributed by atoms with Gasteiger partial charge in [0.2, 0.25) is 5.91 Å². The molecule has 3 aromatic rings. The number of hydrogen-bond donors (Lipinski definition) is 4. The zero-order valence-corrected chi connectivity index (χ0v) is 35.2. The fourth-order valence-electron chi connectivity index (χ4n) is 4.42. The number of carbonyl (C=O) groups is 3. The first kappa shape index (κ1) is 53.1. The van der Waals surface area contributed by atoms with Gasteiger partial charge < -0.3 is 38.9 Å². The fourth-order valence-corrected chi connectivity index (χ4v) is 5.16. The standard InChI is InChI=1S/C15H22ClNO2.C14H7ClF3NO5.C3H8NO5P.C3H9S/c1-5-13-8-6-7-11(2)15(13)17(14(18)9-16)12(3)10-19-4;15-10-5-7(14(16,17)18)1-4-12(10)24-8-2-3-11(19(22)23)9(6-8)13(20)21;5-3(6)1-4-2-10(7,8)9;1-4(2)3/h6-8,12H,5,9-10H2,1-4H3;1-6H,(H,20,21);4H,1-2H2,(H,5,6)(H2,7,8,9);1-3H3/q;;;+1/p-1. The molecule has 0 bridgehead atoms. The normalized spacial score (nSPS) is 12.3. The molecule has 0 aliphatic rings. The Morgan fingerprint density at radius 2 is 1.68 bits per heavy atom. The highest BCUT2D eigenvalue weighted by Gasteiger charge is 2.31. The molecule has 4 N–H and O–H groups in total. The van der Waals surface area contributed by atoms with Crippen LogP contribution in [0.15, 0.2) is 54.6 Å². The first-order chi connectivity index (χ1) is 26.3. The van der Waals surface area contributed by atoms with E-state index < -0.39 is 60.3 Å². The molecule has 318 valence electrons. The minimum atomic E-state index is -4.58. The van der Waals surface area contributed by atoms with Crippen molar-refractivity contribution in [2.75, 3.05) is 56.1 Å². The maximum absolute atomic E-state index is 12.6. The summed E-state index contributed by atoms with van der Waals surface area (Å²) >= 11 is 11.5. The van der Waals surface area contributed by atoms with Crippen LogP contribution in [0.3, 0.4) is 0 Å².